The molecule has 0 aliphatic carbocycles. The summed E-state index contributed by atoms with van der Waals surface area (Å²) < 4.78 is 23.8. The Labute approximate surface area is 111 Å². The number of nitrogens with one attached hydrogen (secondary N) is 1. The van der Waals surface area contributed by atoms with Gasteiger partial charge in [-0.2, -0.15) is 0 Å². The molecular formula is C13H19FN2O3. The summed E-state index contributed by atoms with van der Waals surface area (Å²) in [4.78, 5) is 11.8. The van der Waals surface area contributed by atoms with Crippen molar-refractivity contribution >= 4 is 17.3 Å². The highest BCUT2D eigenvalue weighted by atomic mass is 19.1. The lowest BCUT2D eigenvalue weighted by atomic mass is 10.2. The van der Waals surface area contributed by atoms with Crippen LogP contribution >= 0.6 is 0 Å². The number of amides is 1. The Bertz CT molecular complexity index is 426. The van der Waals surface area contributed by atoms with E-state index < -0.39 is 17.8 Å². The molecule has 1 rings (SSSR count). The minimum Gasteiger partial charge on any atom is -0.399 e. The van der Waals surface area contributed by atoms with E-state index in [4.69, 9.17) is 15.2 Å². The molecular weight excluding hydrogens is 251 g/mol. The van der Waals surface area contributed by atoms with Crippen molar-refractivity contribution in [3.05, 3.63) is 24.0 Å². The van der Waals surface area contributed by atoms with Crippen LogP contribution in [0.25, 0.3) is 0 Å². The molecule has 1 aromatic rings. The maximum atomic E-state index is 13.4. The maximum Gasteiger partial charge on any atom is 0.253 e. The van der Waals surface area contributed by atoms with Crippen molar-refractivity contribution in [2.45, 2.75) is 20.0 Å². The van der Waals surface area contributed by atoms with Crippen LogP contribution < -0.4 is 11.1 Å². The predicted molar refractivity (Wildman–Crippen MR) is 71.3 cm³/mol. The van der Waals surface area contributed by atoms with E-state index in [0.717, 1.165) is 0 Å². The van der Waals surface area contributed by atoms with E-state index in [1.807, 2.05) is 6.92 Å². The molecule has 0 radical (unpaired) electrons. The van der Waals surface area contributed by atoms with E-state index in [0.29, 0.717) is 25.5 Å². The number of hydrogen-bond acceptors (Lipinski definition) is 4. The molecule has 0 aliphatic heterocycles. The molecule has 0 aliphatic rings. The van der Waals surface area contributed by atoms with Gasteiger partial charge < -0.3 is 20.5 Å². The molecule has 0 fully saturated rings. The highest BCUT2D eigenvalue weighted by Crippen LogP contribution is 2.17. The maximum absolute atomic E-state index is 13.4. The lowest BCUT2D eigenvalue weighted by molar-refractivity contribution is -0.127. The van der Waals surface area contributed by atoms with E-state index in [1.54, 1.807) is 6.92 Å². The second-order valence-electron chi connectivity index (χ2n) is 3.94. The molecule has 1 amide bonds. The third-order valence-electron chi connectivity index (χ3n) is 2.42. The van der Waals surface area contributed by atoms with E-state index in [1.165, 1.54) is 18.2 Å². The zero-order valence-electron chi connectivity index (χ0n) is 11.1. The summed E-state index contributed by atoms with van der Waals surface area (Å²) in [7, 11) is 0. The smallest absolute Gasteiger partial charge is 0.253 e. The number of ether oxygens (including phenoxy) is 2. The molecule has 0 spiro atoms. The summed E-state index contributed by atoms with van der Waals surface area (Å²) in [6.07, 6.45) is -0.693. The monoisotopic (exact) mass is 270 g/mol. The van der Waals surface area contributed by atoms with E-state index in [2.05, 4.69) is 5.32 Å². The van der Waals surface area contributed by atoms with Crippen molar-refractivity contribution < 1.29 is 18.7 Å². The lowest BCUT2D eigenvalue weighted by Crippen LogP contribution is -2.29. The molecule has 106 valence electrons. The van der Waals surface area contributed by atoms with Crippen molar-refractivity contribution in [2.24, 2.45) is 0 Å². The van der Waals surface area contributed by atoms with Gasteiger partial charge in [0.05, 0.1) is 18.9 Å². The molecule has 1 aromatic carbocycles. The fraction of sp³-hybridized carbons (Fsp3) is 0.462. The number of nitrogen functional groups attached to an aromatic ring is 1. The average Bonchev–Trinajstić information content (AvgIpc) is 2.38. The van der Waals surface area contributed by atoms with E-state index >= 15 is 0 Å². The number of carbonyl (C=O) groups excluding carboxylic acids is 1. The van der Waals surface area contributed by atoms with Crippen molar-refractivity contribution in [3.63, 3.8) is 0 Å². The predicted octanol–water partition coefficient (Wildman–Crippen LogP) is 1.79. The van der Waals surface area contributed by atoms with E-state index in [9.17, 15) is 9.18 Å². The Kier molecular flexibility index (Phi) is 6.24. The minimum absolute atomic E-state index is 0.0465. The summed E-state index contributed by atoms with van der Waals surface area (Å²) in [5.74, 6) is -0.968. The first-order valence-corrected chi connectivity index (χ1v) is 6.09. The normalized spacial score (nSPS) is 12.2. The number of benzene rings is 1. The number of carbonyl (C=O) groups is 1. The summed E-state index contributed by atoms with van der Waals surface area (Å²) in [6, 6.07) is 3.98. The fourth-order valence-corrected chi connectivity index (χ4v) is 1.38. The van der Waals surface area contributed by atoms with Gasteiger partial charge in [0.25, 0.3) is 5.91 Å². The van der Waals surface area contributed by atoms with Crippen LogP contribution in [0, 0.1) is 5.82 Å². The third-order valence-corrected chi connectivity index (χ3v) is 2.42. The van der Waals surface area contributed by atoms with Crippen molar-refractivity contribution in [3.8, 4) is 0 Å². The number of nitrogens with two attached hydrogens (primary N) is 1. The highest BCUT2D eigenvalue weighted by molar-refractivity contribution is 5.94. The Morgan fingerprint density at radius 1 is 1.47 bits per heavy atom. The van der Waals surface area contributed by atoms with Crippen molar-refractivity contribution in [1.29, 1.82) is 0 Å². The summed E-state index contributed by atoms with van der Waals surface area (Å²) in [5.41, 5.74) is 5.95. The van der Waals surface area contributed by atoms with Crippen LogP contribution in [0.2, 0.25) is 0 Å². The van der Waals surface area contributed by atoms with Gasteiger partial charge in [0, 0.05) is 12.3 Å². The Morgan fingerprint density at radius 2 is 2.21 bits per heavy atom. The quantitative estimate of drug-likeness (QED) is 0.585. The summed E-state index contributed by atoms with van der Waals surface area (Å²) >= 11 is 0. The van der Waals surface area contributed by atoms with Crippen LogP contribution in [-0.2, 0) is 14.3 Å². The molecule has 0 heterocycles. The fourth-order valence-electron chi connectivity index (χ4n) is 1.38. The average molecular weight is 270 g/mol. The molecule has 5 nitrogen and oxygen atoms in total. The summed E-state index contributed by atoms with van der Waals surface area (Å²) in [5, 5.41) is 2.43. The molecule has 0 saturated heterocycles. The zero-order valence-corrected chi connectivity index (χ0v) is 11.1. The molecule has 1 atom stereocenters. The standard InChI is InChI=1S/C13H19FN2O3/c1-3-18-6-7-19-9(2)13(17)16-12-8-10(15)4-5-11(12)14/h4-5,8-9H,3,6-7,15H2,1-2H3,(H,16,17). The molecule has 19 heavy (non-hydrogen) atoms. The molecule has 6 heteroatoms. The SMILES string of the molecule is CCOCCOC(C)C(=O)Nc1cc(N)ccc1F. The largest absolute Gasteiger partial charge is 0.399 e. The van der Waals surface area contributed by atoms with Gasteiger partial charge in [-0.15, -0.1) is 0 Å². The topological polar surface area (TPSA) is 73.6 Å². The van der Waals surface area contributed by atoms with Crippen LogP contribution in [0.4, 0.5) is 15.8 Å². The molecule has 0 bridgehead atoms. The zero-order chi connectivity index (χ0) is 14.3. The van der Waals surface area contributed by atoms with Gasteiger partial charge in [0.15, 0.2) is 0 Å². The Hall–Kier alpha value is -1.66. The lowest BCUT2D eigenvalue weighted by Gasteiger charge is -2.14. The second kappa shape index (κ2) is 7.70. The molecule has 0 saturated carbocycles. The van der Waals surface area contributed by atoms with E-state index in [-0.39, 0.29) is 5.69 Å². The van der Waals surface area contributed by atoms with Gasteiger partial charge in [-0.3, -0.25) is 4.79 Å². The van der Waals surface area contributed by atoms with Gasteiger partial charge in [-0.1, -0.05) is 0 Å². The second-order valence-corrected chi connectivity index (χ2v) is 3.94. The number of anilines is 2. The van der Waals surface area contributed by atoms with Crippen LogP contribution in [0.1, 0.15) is 13.8 Å². The molecule has 3 N–H and O–H groups in total. The molecule has 1 unspecified atom stereocenters. The van der Waals surface area contributed by atoms with Crippen LogP contribution in [-0.4, -0.2) is 31.8 Å². The van der Waals surface area contributed by atoms with Gasteiger partial charge in [0.1, 0.15) is 11.9 Å². The van der Waals surface area contributed by atoms with Crippen LogP contribution in [0.3, 0.4) is 0 Å². The van der Waals surface area contributed by atoms with Crippen LogP contribution in [0.5, 0.6) is 0 Å². The number of rotatable bonds is 7. The van der Waals surface area contributed by atoms with Crippen molar-refractivity contribution in [1.82, 2.24) is 0 Å². The third kappa shape index (κ3) is 5.23. The highest BCUT2D eigenvalue weighted by Gasteiger charge is 2.15. The van der Waals surface area contributed by atoms with Crippen LogP contribution in [0.15, 0.2) is 18.2 Å². The number of halogens is 1. The summed E-state index contributed by atoms with van der Waals surface area (Å²) in [6.45, 7) is 4.78. The van der Waals surface area contributed by atoms with Gasteiger partial charge in [0.2, 0.25) is 0 Å². The van der Waals surface area contributed by atoms with Gasteiger partial charge in [-0.25, -0.2) is 4.39 Å². The first kappa shape index (κ1) is 15.4. The van der Waals surface area contributed by atoms with Crippen molar-refractivity contribution in [2.75, 3.05) is 30.9 Å². The minimum atomic E-state index is -0.693. The first-order valence-electron chi connectivity index (χ1n) is 6.09. The van der Waals surface area contributed by atoms with Gasteiger partial charge in [-0.05, 0) is 32.0 Å². The number of hydrogen-bond donors (Lipinski definition) is 2. The van der Waals surface area contributed by atoms with Gasteiger partial charge >= 0.3 is 0 Å². The Balaban J connectivity index is 2.47. The Morgan fingerprint density at radius 3 is 2.89 bits per heavy atom. The molecule has 0 aromatic heterocycles. The first-order chi connectivity index (χ1) is 9.04.